The summed E-state index contributed by atoms with van der Waals surface area (Å²) in [6.07, 6.45) is 3.44. The second kappa shape index (κ2) is 6.57. The summed E-state index contributed by atoms with van der Waals surface area (Å²) in [6, 6.07) is 1.87. The van der Waals surface area contributed by atoms with Crippen LogP contribution in [0.4, 0.5) is 0 Å². The first-order valence-corrected chi connectivity index (χ1v) is 9.34. The van der Waals surface area contributed by atoms with Crippen LogP contribution in [0.15, 0.2) is 18.5 Å². The SMILES string of the molecule is COCCN1CCN(Cc2ncccn2)[C@@H]2CS(=O)(=O)C[C@@H]21. The molecule has 0 bridgehead atoms. The maximum Gasteiger partial charge on any atom is 0.153 e. The first-order chi connectivity index (χ1) is 10.6. The minimum absolute atomic E-state index is 0.0272. The summed E-state index contributed by atoms with van der Waals surface area (Å²) < 4.78 is 29.3. The van der Waals surface area contributed by atoms with E-state index in [-0.39, 0.29) is 23.6 Å². The van der Waals surface area contributed by atoms with Gasteiger partial charge in [-0.1, -0.05) is 0 Å². The fourth-order valence-electron chi connectivity index (χ4n) is 3.37. The van der Waals surface area contributed by atoms with Crippen LogP contribution in [0.1, 0.15) is 5.82 Å². The number of methoxy groups -OCH3 is 1. The third-order valence-corrected chi connectivity index (χ3v) is 6.15. The molecule has 1 aromatic heterocycles. The molecule has 8 heteroatoms. The molecule has 1 aromatic rings. The summed E-state index contributed by atoms with van der Waals surface area (Å²) in [7, 11) is -1.30. The molecule has 3 heterocycles. The highest BCUT2D eigenvalue weighted by atomic mass is 32.2. The topological polar surface area (TPSA) is 75.6 Å². The Balaban J connectivity index is 1.74. The minimum atomic E-state index is -2.98. The molecule has 2 atom stereocenters. The van der Waals surface area contributed by atoms with Gasteiger partial charge in [0.2, 0.25) is 0 Å². The van der Waals surface area contributed by atoms with Gasteiger partial charge in [-0.25, -0.2) is 18.4 Å². The third-order valence-electron chi connectivity index (χ3n) is 4.45. The van der Waals surface area contributed by atoms with E-state index in [9.17, 15) is 8.42 Å². The molecule has 0 radical (unpaired) electrons. The van der Waals surface area contributed by atoms with Gasteiger partial charge in [-0.3, -0.25) is 9.80 Å². The van der Waals surface area contributed by atoms with Gasteiger partial charge in [0.15, 0.2) is 9.84 Å². The molecule has 22 heavy (non-hydrogen) atoms. The van der Waals surface area contributed by atoms with Crippen LogP contribution in [0.5, 0.6) is 0 Å². The molecule has 0 amide bonds. The van der Waals surface area contributed by atoms with E-state index in [1.165, 1.54) is 0 Å². The van der Waals surface area contributed by atoms with Crippen LogP contribution in [0.3, 0.4) is 0 Å². The number of hydrogen-bond acceptors (Lipinski definition) is 7. The highest BCUT2D eigenvalue weighted by Gasteiger charge is 2.46. The van der Waals surface area contributed by atoms with Crippen molar-refractivity contribution in [3.05, 3.63) is 24.3 Å². The average Bonchev–Trinajstić information content (AvgIpc) is 2.83. The number of sulfone groups is 1. The molecule has 122 valence electrons. The monoisotopic (exact) mass is 326 g/mol. The summed E-state index contributed by atoms with van der Waals surface area (Å²) in [4.78, 5) is 13.0. The van der Waals surface area contributed by atoms with E-state index in [1.807, 2.05) is 0 Å². The minimum Gasteiger partial charge on any atom is -0.383 e. The summed E-state index contributed by atoms with van der Waals surface area (Å²) in [5, 5.41) is 0. The first kappa shape index (κ1) is 15.8. The summed E-state index contributed by atoms with van der Waals surface area (Å²) in [5.74, 6) is 1.22. The molecule has 0 spiro atoms. The molecule has 3 rings (SSSR count). The van der Waals surface area contributed by atoms with E-state index in [0.717, 1.165) is 25.5 Å². The van der Waals surface area contributed by atoms with E-state index >= 15 is 0 Å². The molecule has 2 aliphatic rings. The summed E-state index contributed by atoms with van der Waals surface area (Å²) in [5.41, 5.74) is 0. The highest BCUT2D eigenvalue weighted by Crippen LogP contribution is 2.27. The van der Waals surface area contributed by atoms with E-state index in [4.69, 9.17) is 4.74 Å². The average molecular weight is 326 g/mol. The van der Waals surface area contributed by atoms with Gasteiger partial charge in [-0.05, 0) is 6.07 Å². The Kier molecular flexibility index (Phi) is 4.72. The van der Waals surface area contributed by atoms with Crippen molar-refractivity contribution in [3.63, 3.8) is 0 Å². The van der Waals surface area contributed by atoms with E-state index in [1.54, 1.807) is 25.6 Å². The summed E-state index contributed by atoms with van der Waals surface area (Å²) in [6.45, 7) is 3.70. The molecule has 0 N–H and O–H groups in total. The highest BCUT2D eigenvalue weighted by molar-refractivity contribution is 7.91. The van der Waals surface area contributed by atoms with Gasteiger partial charge in [0.1, 0.15) is 5.82 Å². The van der Waals surface area contributed by atoms with Crippen molar-refractivity contribution < 1.29 is 13.2 Å². The van der Waals surface area contributed by atoms with Crippen molar-refractivity contribution in [2.24, 2.45) is 0 Å². The van der Waals surface area contributed by atoms with E-state index in [2.05, 4.69) is 19.8 Å². The largest absolute Gasteiger partial charge is 0.383 e. The fraction of sp³-hybridized carbons (Fsp3) is 0.714. The Morgan fingerprint density at radius 1 is 1.18 bits per heavy atom. The van der Waals surface area contributed by atoms with Crippen molar-refractivity contribution in [3.8, 4) is 0 Å². The molecule has 2 saturated heterocycles. The molecular formula is C14H22N4O3S. The normalized spacial score (nSPS) is 28.6. The van der Waals surface area contributed by atoms with Crippen molar-refractivity contribution in [2.45, 2.75) is 18.6 Å². The Morgan fingerprint density at radius 2 is 1.82 bits per heavy atom. The quantitative estimate of drug-likeness (QED) is 0.715. The second-order valence-electron chi connectivity index (χ2n) is 5.88. The molecule has 2 aliphatic heterocycles. The lowest BCUT2D eigenvalue weighted by molar-refractivity contribution is 0.0240. The Labute approximate surface area is 131 Å². The van der Waals surface area contributed by atoms with Crippen molar-refractivity contribution in [2.75, 3.05) is 44.9 Å². The van der Waals surface area contributed by atoms with E-state index in [0.29, 0.717) is 13.2 Å². The maximum absolute atomic E-state index is 12.1. The van der Waals surface area contributed by atoms with Crippen LogP contribution in [0.25, 0.3) is 0 Å². The van der Waals surface area contributed by atoms with Gasteiger partial charge < -0.3 is 4.74 Å². The van der Waals surface area contributed by atoms with Gasteiger partial charge in [0.05, 0.1) is 24.7 Å². The molecule has 0 unspecified atom stereocenters. The Hall–Kier alpha value is -1.09. The predicted octanol–water partition coefficient (Wildman–Crippen LogP) is -0.594. The van der Waals surface area contributed by atoms with E-state index < -0.39 is 9.84 Å². The van der Waals surface area contributed by atoms with Gasteiger partial charge in [-0.2, -0.15) is 0 Å². The number of piperazine rings is 1. The van der Waals surface area contributed by atoms with Crippen molar-refractivity contribution >= 4 is 9.84 Å². The van der Waals surface area contributed by atoms with Crippen LogP contribution in [0.2, 0.25) is 0 Å². The van der Waals surface area contributed by atoms with Gasteiger partial charge in [0.25, 0.3) is 0 Å². The fourth-order valence-corrected chi connectivity index (χ4v) is 5.42. The molecule has 7 nitrogen and oxygen atoms in total. The van der Waals surface area contributed by atoms with Gasteiger partial charge in [0, 0.05) is 51.2 Å². The van der Waals surface area contributed by atoms with Crippen LogP contribution in [0, 0.1) is 0 Å². The second-order valence-corrected chi connectivity index (χ2v) is 8.03. The lowest BCUT2D eigenvalue weighted by Gasteiger charge is -2.43. The molecule has 0 saturated carbocycles. The lowest BCUT2D eigenvalue weighted by Crippen LogP contribution is -2.59. The zero-order chi connectivity index (χ0) is 15.6. The number of hydrogen-bond donors (Lipinski definition) is 0. The standard InChI is InChI=1S/C14H22N4O3S/c1-21-8-7-17-5-6-18(9-14-15-3-2-4-16-14)13-11-22(19,20)10-12(13)17/h2-4,12-13H,5-11H2,1H3/t12-,13+/m0/s1. The zero-order valence-electron chi connectivity index (χ0n) is 12.8. The Morgan fingerprint density at radius 3 is 2.50 bits per heavy atom. The number of fused-ring (bicyclic) bond motifs is 1. The first-order valence-electron chi connectivity index (χ1n) is 7.52. The van der Waals surface area contributed by atoms with Crippen molar-refractivity contribution in [1.29, 1.82) is 0 Å². The smallest absolute Gasteiger partial charge is 0.153 e. The van der Waals surface area contributed by atoms with Crippen LogP contribution >= 0.6 is 0 Å². The van der Waals surface area contributed by atoms with Gasteiger partial charge in [-0.15, -0.1) is 0 Å². The number of ether oxygens (including phenoxy) is 1. The van der Waals surface area contributed by atoms with Gasteiger partial charge >= 0.3 is 0 Å². The number of rotatable bonds is 5. The third kappa shape index (κ3) is 3.45. The number of nitrogens with zero attached hydrogens (tertiary/aromatic N) is 4. The molecule has 0 aromatic carbocycles. The van der Waals surface area contributed by atoms with Crippen molar-refractivity contribution in [1.82, 2.24) is 19.8 Å². The Bertz CT molecular complexity index is 595. The zero-order valence-corrected chi connectivity index (χ0v) is 13.6. The predicted molar refractivity (Wildman–Crippen MR) is 82.1 cm³/mol. The molecular weight excluding hydrogens is 304 g/mol. The molecule has 0 aliphatic carbocycles. The number of aromatic nitrogens is 2. The van der Waals surface area contributed by atoms with Crippen LogP contribution in [-0.2, 0) is 21.1 Å². The maximum atomic E-state index is 12.1. The lowest BCUT2D eigenvalue weighted by atomic mass is 10.0. The molecule has 2 fully saturated rings. The van der Waals surface area contributed by atoms with Crippen LogP contribution < -0.4 is 0 Å². The summed E-state index contributed by atoms with van der Waals surface area (Å²) >= 11 is 0. The van der Waals surface area contributed by atoms with Crippen LogP contribution in [-0.4, -0.2) is 85.1 Å².